The van der Waals surface area contributed by atoms with Gasteiger partial charge >= 0.3 is 5.97 Å². The van der Waals surface area contributed by atoms with E-state index >= 15 is 0 Å². The average Bonchev–Trinajstić information content (AvgIpc) is 2.67. The van der Waals surface area contributed by atoms with Crippen LogP contribution < -0.4 is 10.1 Å². The highest BCUT2D eigenvalue weighted by Gasteiger charge is 2.25. The van der Waals surface area contributed by atoms with Crippen LogP contribution in [0.4, 0.5) is 0 Å². The van der Waals surface area contributed by atoms with Gasteiger partial charge in [0, 0.05) is 24.4 Å². The Morgan fingerprint density at radius 1 is 1.38 bits per heavy atom. The van der Waals surface area contributed by atoms with Crippen LogP contribution in [0.1, 0.15) is 33.6 Å². The van der Waals surface area contributed by atoms with Gasteiger partial charge < -0.3 is 15.2 Å². The molecular formula is C19H21N3O4. The zero-order valence-electron chi connectivity index (χ0n) is 14.6. The maximum absolute atomic E-state index is 12.4. The number of hydrogen-bond acceptors (Lipinski definition) is 5. The molecule has 1 heterocycles. The third-order valence-corrected chi connectivity index (χ3v) is 4.68. The molecule has 7 nitrogen and oxygen atoms in total. The molecule has 0 saturated heterocycles. The van der Waals surface area contributed by atoms with Gasteiger partial charge in [-0.2, -0.15) is 0 Å². The van der Waals surface area contributed by atoms with Gasteiger partial charge in [-0.25, -0.2) is 14.8 Å². The lowest BCUT2D eigenvalue weighted by molar-refractivity contribution is -0.125. The third-order valence-electron chi connectivity index (χ3n) is 4.68. The number of carboxylic acids is 1. The summed E-state index contributed by atoms with van der Waals surface area (Å²) in [6.07, 6.45) is 6.14. The number of hydrogen-bond donors (Lipinski definition) is 2. The lowest BCUT2D eigenvalue weighted by Gasteiger charge is -2.22. The van der Waals surface area contributed by atoms with Crippen molar-refractivity contribution in [3.05, 3.63) is 53.1 Å². The van der Waals surface area contributed by atoms with Crippen molar-refractivity contribution in [2.75, 3.05) is 13.7 Å². The van der Waals surface area contributed by atoms with Gasteiger partial charge in [0.05, 0.1) is 12.7 Å². The fourth-order valence-electron chi connectivity index (χ4n) is 3.23. The Bertz CT molecular complexity index is 822. The number of nitrogens with zero attached hydrogens (tertiary/aromatic N) is 2. The van der Waals surface area contributed by atoms with Gasteiger partial charge in [-0.15, -0.1) is 0 Å². The molecule has 0 saturated carbocycles. The average molecular weight is 355 g/mol. The highest BCUT2D eigenvalue weighted by Crippen LogP contribution is 2.24. The number of amides is 1. The van der Waals surface area contributed by atoms with E-state index in [1.807, 2.05) is 0 Å². The van der Waals surface area contributed by atoms with Gasteiger partial charge in [-0.1, -0.05) is 6.07 Å². The van der Waals surface area contributed by atoms with E-state index in [-0.39, 0.29) is 17.4 Å². The van der Waals surface area contributed by atoms with Crippen molar-refractivity contribution in [2.24, 2.45) is 5.92 Å². The topological polar surface area (TPSA) is 101 Å². The van der Waals surface area contributed by atoms with Crippen molar-refractivity contribution in [1.82, 2.24) is 15.3 Å². The summed E-state index contributed by atoms with van der Waals surface area (Å²) in [6, 6.07) is 4.76. The molecule has 0 radical (unpaired) electrons. The summed E-state index contributed by atoms with van der Waals surface area (Å²) in [5, 5.41) is 12.0. The Kier molecular flexibility index (Phi) is 5.46. The quantitative estimate of drug-likeness (QED) is 0.817. The molecule has 3 rings (SSSR count). The van der Waals surface area contributed by atoms with Crippen LogP contribution >= 0.6 is 0 Å². The third kappa shape index (κ3) is 3.99. The lowest BCUT2D eigenvalue weighted by Crippen LogP contribution is -2.35. The molecule has 0 aliphatic heterocycles. The van der Waals surface area contributed by atoms with Gasteiger partial charge in [-0.3, -0.25) is 4.79 Å². The monoisotopic (exact) mass is 355 g/mol. The minimum absolute atomic E-state index is 0.0284. The van der Waals surface area contributed by atoms with E-state index < -0.39 is 5.97 Å². The number of fused-ring (bicyclic) bond motifs is 1. The van der Waals surface area contributed by atoms with Crippen molar-refractivity contribution in [3.63, 3.8) is 0 Å². The first-order valence-corrected chi connectivity index (χ1v) is 8.54. The number of methoxy groups -OCH3 is 1. The summed E-state index contributed by atoms with van der Waals surface area (Å²) in [5.74, 6) is -0.516. The molecule has 2 N–H and O–H groups in total. The molecule has 26 heavy (non-hydrogen) atoms. The summed E-state index contributed by atoms with van der Waals surface area (Å²) >= 11 is 0. The van der Waals surface area contributed by atoms with Gasteiger partial charge in [0.15, 0.2) is 0 Å². The SMILES string of the molecule is COc1cc(C(=O)O)ccc1CCNC(=O)C1CCc2ncncc2C1. The Morgan fingerprint density at radius 3 is 3.00 bits per heavy atom. The van der Waals surface area contributed by atoms with E-state index in [9.17, 15) is 9.59 Å². The molecule has 1 aliphatic carbocycles. The second-order valence-corrected chi connectivity index (χ2v) is 6.31. The molecule has 0 fully saturated rings. The molecule has 1 aromatic heterocycles. The van der Waals surface area contributed by atoms with Gasteiger partial charge in [0.25, 0.3) is 0 Å². The number of carbonyl (C=O) groups excluding carboxylic acids is 1. The van der Waals surface area contributed by atoms with Crippen molar-refractivity contribution >= 4 is 11.9 Å². The summed E-state index contributed by atoms with van der Waals surface area (Å²) in [6.45, 7) is 0.469. The highest BCUT2D eigenvalue weighted by atomic mass is 16.5. The van der Waals surface area contributed by atoms with E-state index in [0.29, 0.717) is 25.1 Å². The Labute approximate surface area is 151 Å². The molecule has 1 amide bonds. The number of aryl methyl sites for hydroxylation is 1. The molecule has 1 unspecified atom stereocenters. The predicted octanol–water partition coefficient (Wildman–Crippen LogP) is 1.65. The maximum atomic E-state index is 12.4. The minimum Gasteiger partial charge on any atom is -0.496 e. The number of carboxylic acid groups (broad SMARTS) is 1. The van der Waals surface area contributed by atoms with Crippen molar-refractivity contribution < 1.29 is 19.4 Å². The second kappa shape index (κ2) is 7.95. The van der Waals surface area contributed by atoms with Crippen LogP contribution in [0.15, 0.2) is 30.7 Å². The highest BCUT2D eigenvalue weighted by molar-refractivity contribution is 5.88. The first-order valence-electron chi connectivity index (χ1n) is 8.54. The largest absolute Gasteiger partial charge is 0.496 e. The number of nitrogens with one attached hydrogen (secondary N) is 1. The van der Waals surface area contributed by atoms with Crippen LogP contribution in [-0.2, 0) is 24.1 Å². The zero-order chi connectivity index (χ0) is 18.5. The Balaban J connectivity index is 1.55. The Hall–Kier alpha value is -2.96. The lowest BCUT2D eigenvalue weighted by atomic mass is 9.87. The first kappa shape index (κ1) is 17.8. The first-order chi connectivity index (χ1) is 12.6. The zero-order valence-corrected chi connectivity index (χ0v) is 14.6. The fraction of sp³-hybridized carbons (Fsp3) is 0.368. The molecule has 136 valence electrons. The minimum atomic E-state index is -0.996. The normalized spacial score (nSPS) is 15.8. The van der Waals surface area contributed by atoms with Crippen molar-refractivity contribution in [1.29, 1.82) is 0 Å². The van der Waals surface area contributed by atoms with Crippen LogP contribution in [0.2, 0.25) is 0 Å². The van der Waals surface area contributed by atoms with Crippen LogP contribution in [-0.4, -0.2) is 40.6 Å². The van der Waals surface area contributed by atoms with E-state index in [4.69, 9.17) is 9.84 Å². The number of aromatic nitrogens is 2. The fourth-order valence-corrected chi connectivity index (χ4v) is 3.23. The van der Waals surface area contributed by atoms with Crippen LogP contribution in [0.25, 0.3) is 0 Å². The van der Waals surface area contributed by atoms with E-state index in [2.05, 4.69) is 15.3 Å². The molecule has 1 aromatic carbocycles. The van der Waals surface area contributed by atoms with Gasteiger partial charge in [0.2, 0.25) is 5.91 Å². The number of rotatable bonds is 6. The van der Waals surface area contributed by atoms with E-state index in [1.54, 1.807) is 24.7 Å². The van der Waals surface area contributed by atoms with Crippen molar-refractivity contribution in [2.45, 2.75) is 25.7 Å². The number of ether oxygens (including phenoxy) is 1. The van der Waals surface area contributed by atoms with E-state index in [0.717, 1.165) is 29.7 Å². The maximum Gasteiger partial charge on any atom is 0.335 e. The van der Waals surface area contributed by atoms with Crippen LogP contribution in [0.5, 0.6) is 5.75 Å². The smallest absolute Gasteiger partial charge is 0.335 e. The summed E-state index contributed by atoms with van der Waals surface area (Å²) < 4.78 is 5.26. The Morgan fingerprint density at radius 2 is 2.23 bits per heavy atom. The predicted molar refractivity (Wildman–Crippen MR) is 94.2 cm³/mol. The van der Waals surface area contributed by atoms with Gasteiger partial charge in [-0.05, 0) is 48.9 Å². The van der Waals surface area contributed by atoms with Crippen LogP contribution in [0, 0.1) is 5.92 Å². The molecule has 1 atom stereocenters. The van der Waals surface area contributed by atoms with E-state index in [1.165, 1.54) is 13.2 Å². The number of aromatic carboxylic acids is 1. The molecular weight excluding hydrogens is 334 g/mol. The molecule has 0 spiro atoms. The summed E-state index contributed by atoms with van der Waals surface area (Å²) in [7, 11) is 1.50. The summed E-state index contributed by atoms with van der Waals surface area (Å²) in [5.41, 5.74) is 3.12. The standard InChI is InChI=1S/C19H21N3O4/c1-26-17-9-14(19(24)25)3-2-12(17)6-7-21-18(23)13-4-5-16-15(8-13)10-20-11-22-16/h2-3,9-11,13H,4-8H2,1H3,(H,21,23)(H,24,25). The van der Waals surface area contributed by atoms with Gasteiger partial charge in [0.1, 0.15) is 12.1 Å². The number of benzene rings is 1. The van der Waals surface area contributed by atoms with Crippen LogP contribution in [0.3, 0.4) is 0 Å². The molecule has 2 aromatic rings. The molecule has 7 heteroatoms. The molecule has 1 aliphatic rings. The molecule has 0 bridgehead atoms. The number of carbonyl (C=O) groups is 2. The summed E-state index contributed by atoms with van der Waals surface area (Å²) in [4.78, 5) is 31.7. The van der Waals surface area contributed by atoms with Crippen molar-refractivity contribution in [3.8, 4) is 5.75 Å². The second-order valence-electron chi connectivity index (χ2n) is 6.31.